The molecule has 116 valence electrons. The van der Waals surface area contributed by atoms with Crippen molar-refractivity contribution in [1.82, 2.24) is 4.98 Å². The first-order chi connectivity index (χ1) is 11.1. The molecule has 0 saturated heterocycles. The number of aromatic nitrogens is 1. The highest BCUT2D eigenvalue weighted by Crippen LogP contribution is 2.19. The number of rotatable bonds is 3. The Labute approximate surface area is 134 Å². The van der Waals surface area contributed by atoms with E-state index in [4.69, 9.17) is 0 Å². The van der Waals surface area contributed by atoms with Crippen LogP contribution in [0.4, 0.5) is 10.1 Å². The van der Waals surface area contributed by atoms with Gasteiger partial charge in [0.2, 0.25) is 0 Å². The fourth-order valence-electron chi connectivity index (χ4n) is 2.49. The van der Waals surface area contributed by atoms with Gasteiger partial charge in [0.25, 0.3) is 5.91 Å². The van der Waals surface area contributed by atoms with Crippen LogP contribution in [0.15, 0.2) is 48.5 Å². The highest BCUT2D eigenvalue weighted by Gasteiger charge is 2.12. The van der Waals surface area contributed by atoms with Gasteiger partial charge in [-0.25, -0.2) is 4.39 Å². The second-order valence-electron chi connectivity index (χ2n) is 5.46. The number of aryl methyl sites for hydroxylation is 2. The summed E-state index contributed by atoms with van der Waals surface area (Å²) in [6.45, 7) is 3.83. The number of pyridine rings is 1. The van der Waals surface area contributed by atoms with Gasteiger partial charge >= 0.3 is 0 Å². The molecule has 0 unspecified atom stereocenters. The van der Waals surface area contributed by atoms with E-state index in [0.29, 0.717) is 16.8 Å². The first kappa shape index (κ1) is 15.2. The molecule has 0 spiro atoms. The van der Waals surface area contributed by atoms with Crippen molar-refractivity contribution in [2.45, 2.75) is 20.3 Å². The Morgan fingerprint density at radius 2 is 1.87 bits per heavy atom. The number of benzene rings is 2. The lowest BCUT2D eigenvalue weighted by Crippen LogP contribution is -2.14. The second-order valence-corrected chi connectivity index (χ2v) is 5.46. The zero-order valence-corrected chi connectivity index (χ0v) is 13.1. The highest BCUT2D eigenvalue weighted by molar-refractivity contribution is 6.06. The Hall–Kier alpha value is -2.75. The number of halogens is 1. The van der Waals surface area contributed by atoms with Crippen LogP contribution < -0.4 is 5.32 Å². The quantitative estimate of drug-likeness (QED) is 0.774. The van der Waals surface area contributed by atoms with E-state index >= 15 is 0 Å². The maximum absolute atomic E-state index is 13.3. The molecule has 4 heteroatoms. The summed E-state index contributed by atoms with van der Waals surface area (Å²) in [4.78, 5) is 16.8. The van der Waals surface area contributed by atoms with E-state index in [2.05, 4.69) is 17.2 Å². The standard InChI is InChI=1S/C19H17FN2O/c1-3-13-4-8-16(9-5-13)22-19(23)17-10-14-6-7-15(20)11-18(14)21-12(17)2/h4-11H,3H2,1-2H3,(H,22,23). The van der Waals surface area contributed by atoms with Gasteiger partial charge in [-0.1, -0.05) is 19.1 Å². The lowest BCUT2D eigenvalue weighted by Gasteiger charge is -2.09. The first-order valence-corrected chi connectivity index (χ1v) is 7.54. The van der Waals surface area contributed by atoms with Gasteiger partial charge in [-0.05, 0) is 49.2 Å². The van der Waals surface area contributed by atoms with Crippen molar-refractivity contribution < 1.29 is 9.18 Å². The topological polar surface area (TPSA) is 42.0 Å². The largest absolute Gasteiger partial charge is 0.322 e. The van der Waals surface area contributed by atoms with Crippen LogP contribution in [0.5, 0.6) is 0 Å². The molecule has 0 aliphatic carbocycles. The van der Waals surface area contributed by atoms with E-state index in [9.17, 15) is 9.18 Å². The summed E-state index contributed by atoms with van der Waals surface area (Å²) >= 11 is 0. The Kier molecular flexibility index (Phi) is 4.06. The summed E-state index contributed by atoms with van der Waals surface area (Å²) in [5.41, 5.74) is 3.57. The van der Waals surface area contributed by atoms with Crippen molar-refractivity contribution in [1.29, 1.82) is 0 Å². The van der Waals surface area contributed by atoms with Crippen LogP contribution in [-0.4, -0.2) is 10.9 Å². The van der Waals surface area contributed by atoms with Crippen molar-refractivity contribution in [3.8, 4) is 0 Å². The van der Waals surface area contributed by atoms with Crippen molar-refractivity contribution >= 4 is 22.5 Å². The molecule has 0 aliphatic rings. The Morgan fingerprint density at radius 3 is 2.57 bits per heavy atom. The van der Waals surface area contributed by atoms with E-state index in [1.165, 1.54) is 17.7 Å². The number of anilines is 1. The van der Waals surface area contributed by atoms with Gasteiger partial charge in [0, 0.05) is 17.1 Å². The molecule has 3 aromatic rings. The molecule has 1 aromatic heterocycles. The number of nitrogens with one attached hydrogen (secondary N) is 1. The number of hydrogen-bond donors (Lipinski definition) is 1. The summed E-state index contributed by atoms with van der Waals surface area (Å²) in [7, 11) is 0. The van der Waals surface area contributed by atoms with Crippen LogP contribution in [0.2, 0.25) is 0 Å². The molecule has 0 fully saturated rings. The highest BCUT2D eigenvalue weighted by atomic mass is 19.1. The van der Waals surface area contributed by atoms with E-state index < -0.39 is 0 Å². The fourth-order valence-corrected chi connectivity index (χ4v) is 2.49. The molecule has 1 amide bonds. The third-order valence-electron chi connectivity index (χ3n) is 3.83. The SMILES string of the molecule is CCc1ccc(NC(=O)c2cc3ccc(F)cc3nc2C)cc1. The fraction of sp³-hybridized carbons (Fsp3) is 0.158. The Morgan fingerprint density at radius 1 is 1.13 bits per heavy atom. The third kappa shape index (κ3) is 3.21. The summed E-state index contributed by atoms with van der Waals surface area (Å²) in [5.74, 6) is -0.553. The molecule has 23 heavy (non-hydrogen) atoms. The van der Waals surface area contributed by atoms with Gasteiger partial charge in [0.15, 0.2) is 0 Å². The van der Waals surface area contributed by atoms with Crippen molar-refractivity contribution in [2.24, 2.45) is 0 Å². The number of hydrogen-bond acceptors (Lipinski definition) is 2. The van der Waals surface area contributed by atoms with Crippen LogP contribution in [0, 0.1) is 12.7 Å². The Bertz CT molecular complexity index is 872. The average Bonchev–Trinajstić information content (AvgIpc) is 2.54. The zero-order valence-electron chi connectivity index (χ0n) is 13.1. The van der Waals surface area contributed by atoms with Gasteiger partial charge in [-0.15, -0.1) is 0 Å². The summed E-state index contributed by atoms with van der Waals surface area (Å²) in [5, 5.41) is 3.61. The van der Waals surface area contributed by atoms with Crippen LogP contribution in [0.3, 0.4) is 0 Å². The van der Waals surface area contributed by atoms with Gasteiger partial charge in [0.1, 0.15) is 5.82 Å². The maximum atomic E-state index is 13.3. The molecule has 1 heterocycles. The molecular formula is C19H17FN2O. The number of carbonyl (C=O) groups is 1. The smallest absolute Gasteiger partial charge is 0.257 e. The second kappa shape index (κ2) is 6.16. The third-order valence-corrected chi connectivity index (χ3v) is 3.83. The molecule has 0 saturated carbocycles. The minimum atomic E-state index is -0.336. The molecule has 2 aromatic carbocycles. The number of amides is 1. The number of carbonyl (C=O) groups excluding carboxylic acids is 1. The number of fused-ring (bicyclic) bond motifs is 1. The van der Waals surface area contributed by atoms with Crippen LogP contribution >= 0.6 is 0 Å². The van der Waals surface area contributed by atoms with E-state index in [0.717, 1.165) is 17.5 Å². The summed E-state index contributed by atoms with van der Waals surface area (Å²) < 4.78 is 13.3. The van der Waals surface area contributed by atoms with E-state index in [1.54, 1.807) is 19.1 Å². The maximum Gasteiger partial charge on any atom is 0.257 e. The van der Waals surface area contributed by atoms with Crippen molar-refractivity contribution in [3.63, 3.8) is 0 Å². The minimum Gasteiger partial charge on any atom is -0.322 e. The first-order valence-electron chi connectivity index (χ1n) is 7.54. The molecule has 0 atom stereocenters. The van der Waals surface area contributed by atoms with Gasteiger partial charge < -0.3 is 5.32 Å². The van der Waals surface area contributed by atoms with Gasteiger partial charge in [-0.2, -0.15) is 0 Å². The minimum absolute atomic E-state index is 0.217. The lowest BCUT2D eigenvalue weighted by atomic mass is 10.1. The molecular weight excluding hydrogens is 291 g/mol. The predicted octanol–water partition coefficient (Wildman–Crippen LogP) is 4.50. The zero-order chi connectivity index (χ0) is 16.4. The van der Waals surface area contributed by atoms with E-state index in [1.807, 2.05) is 24.3 Å². The lowest BCUT2D eigenvalue weighted by molar-refractivity contribution is 0.102. The molecule has 3 rings (SSSR count). The number of nitrogens with zero attached hydrogens (tertiary/aromatic N) is 1. The van der Waals surface area contributed by atoms with Crippen LogP contribution in [0.1, 0.15) is 28.5 Å². The normalized spacial score (nSPS) is 10.7. The average molecular weight is 308 g/mol. The van der Waals surface area contributed by atoms with Gasteiger partial charge in [-0.3, -0.25) is 9.78 Å². The predicted molar refractivity (Wildman–Crippen MR) is 90.2 cm³/mol. The molecule has 1 N–H and O–H groups in total. The van der Waals surface area contributed by atoms with Crippen LogP contribution in [-0.2, 0) is 6.42 Å². The van der Waals surface area contributed by atoms with Crippen molar-refractivity contribution in [2.75, 3.05) is 5.32 Å². The van der Waals surface area contributed by atoms with Crippen molar-refractivity contribution in [3.05, 3.63) is 71.2 Å². The van der Waals surface area contributed by atoms with Crippen LogP contribution in [0.25, 0.3) is 10.9 Å². The summed E-state index contributed by atoms with van der Waals surface area (Å²) in [6.07, 6.45) is 0.957. The summed E-state index contributed by atoms with van der Waals surface area (Å²) in [6, 6.07) is 13.9. The Balaban J connectivity index is 1.90. The molecule has 0 aliphatic heterocycles. The monoisotopic (exact) mass is 308 g/mol. The van der Waals surface area contributed by atoms with E-state index in [-0.39, 0.29) is 11.7 Å². The van der Waals surface area contributed by atoms with Gasteiger partial charge in [0.05, 0.1) is 16.8 Å². The molecule has 0 radical (unpaired) electrons. The molecule has 3 nitrogen and oxygen atoms in total. The molecule has 0 bridgehead atoms.